The molecular weight excluding hydrogens is 324 g/mol. The Morgan fingerprint density at radius 2 is 2.08 bits per heavy atom. The minimum absolute atomic E-state index is 0.0100. The summed E-state index contributed by atoms with van der Waals surface area (Å²) in [6, 6.07) is 5.12. The summed E-state index contributed by atoms with van der Waals surface area (Å²) < 4.78 is 0. The molecule has 1 saturated heterocycles. The normalized spacial score (nSPS) is 22.7. The van der Waals surface area contributed by atoms with Gasteiger partial charge in [0, 0.05) is 37.8 Å². The first kappa shape index (κ1) is 17.6. The van der Waals surface area contributed by atoms with Gasteiger partial charge in [0.1, 0.15) is 5.75 Å². The van der Waals surface area contributed by atoms with Gasteiger partial charge in [0.05, 0.1) is 5.02 Å². The third-order valence-corrected chi connectivity index (χ3v) is 5.49. The first-order valence-electron chi connectivity index (χ1n) is 8.97. The number of halogens is 1. The molecule has 1 atom stereocenters. The Morgan fingerprint density at radius 1 is 1.33 bits per heavy atom. The van der Waals surface area contributed by atoms with Gasteiger partial charge in [0.2, 0.25) is 0 Å². The summed E-state index contributed by atoms with van der Waals surface area (Å²) in [4.78, 5) is 17.4. The van der Waals surface area contributed by atoms with Crippen LogP contribution in [-0.2, 0) is 0 Å². The summed E-state index contributed by atoms with van der Waals surface area (Å²) in [5.41, 5.74) is 0.552. The highest BCUT2D eigenvalue weighted by molar-refractivity contribution is 6.32. The number of hydrogen-bond acceptors (Lipinski definition) is 3. The van der Waals surface area contributed by atoms with Crippen LogP contribution in [0.15, 0.2) is 18.2 Å². The van der Waals surface area contributed by atoms with Crippen LogP contribution in [0.25, 0.3) is 0 Å². The van der Waals surface area contributed by atoms with Crippen LogP contribution in [-0.4, -0.2) is 53.0 Å². The molecule has 0 radical (unpaired) electrons. The Labute approximate surface area is 149 Å². The minimum Gasteiger partial charge on any atom is -0.506 e. The van der Waals surface area contributed by atoms with Crippen LogP contribution in [0.4, 0.5) is 0 Å². The third kappa shape index (κ3) is 4.04. The second-order valence-electron chi connectivity index (χ2n) is 7.52. The van der Waals surface area contributed by atoms with Crippen LogP contribution < -0.4 is 0 Å². The number of nitrogens with zero attached hydrogens (tertiary/aromatic N) is 2. The second-order valence-corrected chi connectivity index (χ2v) is 7.93. The summed E-state index contributed by atoms with van der Waals surface area (Å²) in [5, 5.41) is 9.78. The molecule has 1 aromatic carbocycles. The highest BCUT2D eigenvalue weighted by Crippen LogP contribution is 2.32. The molecule has 0 spiro atoms. The molecule has 1 saturated carbocycles. The van der Waals surface area contributed by atoms with E-state index < -0.39 is 0 Å². The van der Waals surface area contributed by atoms with Gasteiger partial charge in [0.15, 0.2) is 0 Å². The van der Waals surface area contributed by atoms with E-state index in [4.69, 9.17) is 11.6 Å². The van der Waals surface area contributed by atoms with E-state index in [2.05, 4.69) is 18.7 Å². The van der Waals surface area contributed by atoms with Gasteiger partial charge in [-0.1, -0.05) is 25.4 Å². The van der Waals surface area contributed by atoms with Crippen LogP contribution in [0.2, 0.25) is 5.02 Å². The molecule has 1 heterocycles. The molecule has 1 aliphatic carbocycles. The van der Waals surface area contributed by atoms with Crippen LogP contribution in [0.3, 0.4) is 0 Å². The lowest BCUT2D eigenvalue weighted by Gasteiger charge is -2.34. The van der Waals surface area contributed by atoms with E-state index >= 15 is 0 Å². The first-order valence-corrected chi connectivity index (χ1v) is 9.35. The standard InChI is InChI=1S/C19H27ClN2O2/c1-13(2)17-12-22(9-3-8-21(17)11-14-4-5-14)19(24)15-6-7-18(23)16(20)10-15/h6-7,10,13-14,17,23H,3-5,8-9,11-12H2,1-2H3/t17-/m0/s1. The molecule has 1 aliphatic heterocycles. The molecule has 4 nitrogen and oxygen atoms in total. The highest BCUT2D eigenvalue weighted by atomic mass is 35.5. The van der Waals surface area contributed by atoms with Gasteiger partial charge < -0.3 is 10.0 Å². The number of carbonyl (C=O) groups is 1. The van der Waals surface area contributed by atoms with E-state index in [9.17, 15) is 9.90 Å². The van der Waals surface area contributed by atoms with Gasteiger partial charge in [0.25, 0.3) is 5.91 Å². The lowest BCUT2D eigenvalue weighted by Crippen LogP contribution is -2.46. The lowest BCUT2D eigenvalue weighted by molar-refractivity contribution is 0.0704. The molecule has 0 aromatic heterocycles. The second kappa shape index (κ2) is 7.32. The van der Waals surface area contributed by atoms with Crippen molar-refractivity contribution in [3.05, 3.63) is 28.8 Å². The fraction of sp³-hybridized carbons (Fsp3) is 0.632. The average Bonchev–Trinajstić information content (AvgIpc) is 3.36. The summed E-state index contributed by atoms with van der Waals surface area (Å²) in [7, 11) is 0. The SMILES string of the molecule is CC(C)[C@@H]1CN(C(=O)c2ccc(O)c(Cl)c2)CCCN1CC1CC1. The zero-order valence-corrected chi connectivity index (χ0v) is 15.3. The average molecular weight is 351 g/mol. The van der Waals surface area contributed by atoms with Crippen molar-refractivity contribution < 1.29 is 9.90 Å². The predicted octanol–water partition coefficient (Wildman–Crippen LogP) is 3.63. The summed E-state index contributed by atoms with van der Waals surface area (Å²) >= 11 is 5.97. The fourth-order valence-corrected chi connectivity index (χ4v) is 3.74. The molecule has 132 valence electrons. The van der Waals surface area contributed by atoms with E-state index in [1.807, 2.05) is 4.90 Å². The van der Waals surface area contributed by atoms with Crippen molar-refractivity contribution in [3.8, 4) is 5.75 Å². The molecule has 0 unspecified atom stereocenters. The van der Waals surface area contributed by atoms with Gasteiger partial charge >= 0.3 is 0 Å². The first-order chi connectivity index (χ1) is 11.5. The number of benzene rings is 1. The van der Waals surface area contributed by atoms with E-state index in [1.165, 1.54) is 25.5 Å². The monoisotopic (exact) mass is 350 g/mol. The van der Waals surface area contributed by atoms with Gasteiger partial charge in [-0.3, -0.25) is 9.69 Å². The smallest absolute Gasteiger partial charge is 0.253 e. The zero-order chi connectivity index (χ0) is 17.3. The fourth-order valence-electron chi connectivity index (χ4n) is 3.56. The topological polar surface area (TPSA) is 43.8 Å². The molecule has 1 aromatic rings. The maximum absolute atomic E-state index is 12.9. The maximum Gasteiger partial charge on any atom is 0.253 e. The molecular formula is C19H27ClN2O2. The Bertz CT molecular complexity index is 601. The molecule has 2 fully saturated rings. The van der Waals surface area contributed by atoms with Crippen molar-refractivity contribution in [1.29, 1.82) is 0 Å². The van der Waals surface area contributed by atoms with E-state index in [0.29, 0.717) is 17.5 Å². The zero-order valence-electron chi connectivity index (χ0n) is 14.5. The Balaban J connectivity index is 1.74. The molecule has 1 amide bonds. The number of aromatic hydroxyl groups is 1. The van der Waals surface area contributed by atoms with Crippen molar-refractivity contribution in [1.82, 2.24) is 9.80 Å². The van der Waals surface area contributed by atoms with Gasteiger partial charge in [-0.15, -0.1) is 0 Å². The summed E-state index contributed by atoms with van der Waals surface area (Å²) in [5.74, 6) is 1.40. The van der Waals surface area contributed by atoms with Gasteiger partial charge in [-0.05, 0) is 49.3 Å². The molecule has 1 N–H and O–H groups in total. The van der Waals surface area contributed by atoms with E-state index in [0.717, 1.165) is 32.0 Å². The number of amides is 1. The van der Waals surface area contributed by atoms with Gasteiger partial charge in [-0.25, -0.2) is 0 Å². The predicted molar refractivity (Wildman–Crippen MR) is 96.6 cm³/mol. The van der Waals surface area contributed by atoms with Crippen molar-refractivity contribution in [2.24, 2.45) is 11.8 Å². The Hall–Kier alpha value is -1.26. The largest absolute Gasteiger partial charge is 0.506 e. The Kier molecular flexibility index (Phi) is 5.36. The van der Waals surface area contributed by atoms with Crippen molar-refractivity contribution in [2.45, 2.75) is 39.2 Å². The number of hydrogen-bond donors (Lipinski definition) is 1. The van der Waals surface area contributed by atoms with E-state index in [1.54, 1.807) is 12.1 Å². The maximum atomic E-state index is 12.9. The molecule has 5 heteroatoms. The quantitative estimate of drug-likeness (QED) is 0.901. The van der Waals surface area contributed by atoms with Gasteiger partial charge in [-0.2, -0.15) is 0 Å². The van der Waals surface area contributed by atoms with Crippen LogP contribution in [0, 0.1) is 11.8 Å². The third-order valence-electron chi connectivity index (χ3n) is 5.19. The highest BCUT2D eigenvalue weighted by Gasteiger charge is 2.33. The van der Waals surface area contributed by atoms with Crippen LogP contribution in [0.1, 0.15) is 43.5 Å². The van der Waals surface area contributed by atoms with Crippen LogP contribution in [0.5, 0.6) is 5.75 Å². The number of phenols is 1. The molecule has 3 rings (SSSR count). The summed E-state index contributed by atoms with van der Waals surface area (Å²) in [6.45, 7) is 8.28. The van der Waals surface area contributed by atoms with Crippen molar-refractivity contribution >= 4 is 17.5 Å². The van der Waals surface area contributed by atoms with Crippen molar-refractivity contribution in [2.75, 3.05) is 26.2 Å². The number of phenolic OH excluding ortho intramolecular Hbond substituents is 1. The molecule has 2 aliphatic rings. The van der Waals surface area contributed by atoms with Crippen molar-refractivity contribution in [3.63, 3.8) is 0 Å². The minimum atomic E-state index is 0.0100. The Morgan fingerprint density at radius 3 is 2.71 bits per heavy atom. The van der Waals surface area contributed by atoms with Crippen LogP contribution >= 0.6 is 11.6 Å². The number of carbonyl (C=O) groups excluding carboxylic acids is 1. The number of rotatable bonds is 4. The molecule has 24 heavy (non-hydrogen) atoms. The van der Waals surface area contributed by atoms with E-state index in [-0.39, 0.29) is 16.7 Å². The molecule has 0 bridgehead atoms. The lowest BCUT2D eigenvalue weighted by atomic mass is 10.0. The summed E-state index contributed by atoms with van der Waals surface area (Å²) in [6.07, 6.45) is 3.72.